The Labute approximate surface area is 132 Å². The van der Waals surface area contributed by atoms with Crippen molar-refractivity contribution >= 4 is 11.6 Å². The predicted octanol–water partition coefficient (Wildman–Crippen LogP) is 4.81. The van der Waals surface area contributed by atoms with Gasteiger partial charge in [0.2, 0.25) is 0 Å². The normalized spacial score (nSPS) is 11.4. The van der Waals surface area contributed by atoms with E-state index in [0.717, 1.165) is 12.3 Å². The Balaban J connectivity index is 2.03. The molecule has 2 aromatic rings. The van der Waals surface area contributed by atoms with Gasteiger partial charge in [-0.1, -0.05) is 41.9 Å². The molecule has 2 rings (SSSR count). The lowest BCUT2D eigenvalue weighted by Crippen LogP contribution is -2.35. The number of ether oxygens (including phenoxy) is 1. The molecule has 0 aliphatic rings. The van der Waals surface area contributed by atoms with E-state index in [1.54, 1.807) is 0 Å². The Bertz CT molecular complexity index is 590. The maximum Gasteiger partial charge on any atom is 0.121 e. The van der Waals surface area contributed by atoms with Crippen molar-refractivity contribution in [1.82, 2.24) is 5.32 Å². The first-order valence-electron chi connectivity index (χ1n) is 7.14. The van der Waals surface area contributed by atoms with Crippen LogP contribution in [0.1, 0.15) is 31.9 Å². The molecule has 0 aromatic heterocycles. The standard InChI is InChI=1S/C18H22ClNO/c1-18(2,3)20-12-14-7-4-5-8-15(14)13-21-17-10-6-9-16(19)11-17/h4-11,20H,12-13H2,1-3H3. The van der Waals surface area contributed by atoms with E-state index in [1.807, 2.05) is 30.3 Å². The first-order chi connectivity index (χ1) is 9.94. The van der Waals surface area contributed by atoms with Crippen LogP contribution in [0.2, 0.25) is 5.02 Å². The summed E-state index contributed by atoms with van der Waals surface area (Å²) in [5.41, 5.74) is 2.55. The molecule has 0 saturated heterocycles. The van der Waals surface area contributed by atoms with Crippen molar-refractivity contribution in [3.05, 3.63) is 64.7 Å². The maximum absolute atomic E-state index is 5.97. The number of benzene rings is 2. The molecule has 2 aromatic carbocycles. The third-order valence-electron chi connectivity index (χ3n) is 3.12. The van der Waals surface area contributed by atoms with E-state index >= 15 is 0 Å². The van der Waals surface area contributed by atoms with Crippen molar-refractivity contribution in [3.8, 4) is 5.75 Å². The molecule has 1 N–H and O–H groups in total. The average Bonchev–Trinajstić information content (AvgIpc) is 2.43. The van der Waals surface area contributed by atoms with Crippen molar-refractivity contribution in [2.75, 3.05) is 0 Å². The molecule has 0 bridgehead atoms. The van der Waals surface area contributed by atoms with E-state index in [-0.39, 0.29) is 5.54 Å². The minimum atomic E-state index is 0.0981. The fraction of sp³-hybridized carbons (Fsp3) is 0.333. The predicted molar refractivity (Wildman–Crippen MR) is 88.8 cm³/mol. The van der Waals surface area contributed by atoms with Crippen molar-refractivity contribution in [3.63, 3.8) is 0 Å². The van der Waals surface area contributed by atoms with Crippen molar-refractivity contribution in [2.24, 2.45) is 0 Å². The molecule has 0 fully saturated rings. The smallest absolute Gasteiger partial charge is 0.121 e. The first-order valence-corrected chi connectivity index (χ1v) is 7.52. The minimum Gasteiger partial charge on any atom is -0.489 e. The number of hydrogen-bond donors (Lipinski definition) is 1. The third kappa shape index (κ3) is 5.41. The summed E-state index contributed by atoms with van der Waals surface area (Å²) in [6.45, 7) is 7.87. The van der Waals surface area contributed by atoms with Gasteiger partial charge in [0.25, 0.3) is 0 Å². The Hall–Kier alpha value is -1.51. The van der Waals surface area contributed by atoms with Gasteiger partial charge < -0.3 is 10.1 Å². The molecule has 0 heterocycles. The van der Waals surface area contributed by atoms with E-state index in [0.29, 0.717) is 11.6 Å². The monoisotopic (exact) mass is 303 g/mol. The Morgan fingerprint density at radius 3 is 2.38 bits per heavy atom. The van der Waals surface area contributed by atoms with Crippen LogP contribution in [0.4, 0.5) is 0 Å². The van der Waals surface area contributed by atoms with Gasteiger partial charge in [0.15, 0.2) is 0 Å². The van der Waals surface area contributed by atoms with Gasteiger partial charge in [-0.25, -0.2) is 0 Å². The van der Waals surface area contributed by atoms with Crippen molar-refractivity contribution in [1.29, 1.82) is 0 Å². The lowest BCUT2D eigenvalue weighted by atomic mass is 10.1. The van der Waals surface area contributed by atoms with Gasteiger partial charge in [-0.05, 0) is 50.1 Å². The van der Waals surface area contributed by atoms with Crippen LogP contribution in [-0.4, -0.2) is 5.54 Å². The third-order valence-corrected chi connectivity index (χ3v) is 3.35. The minimum absolute atomic E-state index is 0.0981. The lowest BCUT2D eigenvalue weighted by molar-refractivity contribution is 0.304. The second-order valence-corrected chi connectivity index (χ2v) is 6.55. The molecule has 0 unspecified atom stereocenters. The SMILES string of the molecule is CC(C)(C)NCc1ccccc1COc1cccc(Cl)c1. The number of hydrogen-bond acceptors (Lipinski definition) is 2. The average molecular weight is 304 g/mol. The molecule has 2 nitrogen and oxygen atoms in total. The quantitative estimate of drug-likeness (QED) is 0.856. The van der Waals surface area contributed by atoms with Crippen LogP contribution < -0.4 is 10.1 Å². The highest BCUT2D eigenvalue weighted by Crippen LogP contribution is 2.19. The molecule has 0 amide bonds. The first kappa shape index (κ1) is 15.9. The van der Waals surface area contributed by atoms with E-state index in [9.17, 15) is 0 Å². The fourth-order valence-electron chi connectivity index (χ4n) is 1.95. The highest BCUT2D eigenvalue weighted by atomic mass is 35.5. The zero-order chi connectivity index (χ0) is 15.3. The van der Waals surface area contributed by atoms with Crippen LogP contribution in [0.25, 0.3) is 0 Å². The molecule has 21 heavy (non-hydrogen) atoms. The number of halogens is 1. The molecule has 0 radical (unpaired) electrons. The second-order valence-electron chi connectivity index (χ2n) is 6.12. The van der Waals surface area contributed by atoms with Crippen LogP contribution in [0.3, 0.4) is 0 Å². The Morgan fingerprint density at radius 1 is 1.00 bits per heavy atom. The van der Waals surface area contributed by atoms with Gasteiger partial charge in [-0.15, -0.1) is 0 Å². The summed E-state index contributed by atoms with van der Waals surface area (Å²) in [5, 5.41) is 4.20. The zero-order valence-corrected chi connectivity index (χ0v) is 13.6. The van der Waals surface area contributed by atoms with Crippen LogP contribution in [-0.2, 0) is 13.2 Å². The Morgan fingerprint density at radius 2 is 1.71 bits per heavy atom. The molecule has 0 saturated carbocycles. The fourth-order valence-corrected chi connectivity index (χ4v) is 2.13. The van der Waals surface area contributed by atoms with Crippen molar-refractivity contribution in [2.45, 2.75) is 39.5 Å². The summed E-state index contributed by atoms with van der Waals surface area (Å²) < 4.78 is 5.83. The summed E-state index contributed by atoms with van der Waals surface area (Å²) in [7, 11) is 0. The Kier molecular flexibility index (Phi) is 5.27. The van der Waals surface area contributed by atoms with Gasteiger partial charge in [-0.3, -0.25) is 0 Å². The summed E-state index contributed by atoms with van der Waals surface area (Å²) in [4.78, 5) is 0. The van der Waals surface area contributed by atoms with E-state index < -0.39 is 0 Å². The molecular weight excluding hydrogens is 282 g/mol. The summed E-state index contributed by atoms with van der Waals surface area (Å²) in [5.74, 6) is 0.793. The topological polar surface area (TPSA) is 21.3 Å². The van der Waals surface area contributed by atoms with Crippen molar-refractivity contribution < 1.29 is 4.74 Å². The summed E-state index contributed by atoms with van der Waals surface area (Å²) in [6.07, 6.45) is 0. The van der Waals surface area contributed by atoms with E-state index in [2.05, 4.69) is 44.3 Å². The molecule has 0 atom stereocenters. The second kappa shape index (κ2) is 6.97. The van der Waals surface area contributed by atoms with Gasteiger partial charge in [0.05, 0.1) is 0 Å². The maximum atomic E-state index is 5.97. The summed E-state index contributed by atoms with van der Waals surface area (Å²) in [6, 6.07) is 15.8. The zero-order valence-electron chi connectivity index (χ0n) is 12.8. The summed E-state index contributed by atoms with van der Waals surface area (Å²) >= 11 is 5.97. The molecular formula is C18H22ClNO. The van der Waals surface area contributed by atoms with Gasteiger partial charge in [0, 0.05) is 17.1 Å². The molecule has 112 valence electrons. The number of nitrogens with one attached hydrogen (secondary N) is 1. The molecule has 0 spiro atoms. The highest BCUT2D eigenvalue weighted by molar-refractivity contribution is 6.30. The van der Waals surface area contributed by atoms with Gasteiger partial charge in [0.1, 0.15) is 12.4 Å². The van der Waals surface area contributed by atoms with Gasteiger partial charge >= 0.3 is 0 Å². The molecule has 0 aliphatic heterocycles. The van der Waals surface area contributed by atoms with Crippen LogP contribution >= 0.6 is 11.6 Å². The molecule has 3 heteroatoms. The van der Waals surface area contributed by atoms with Gasteiger partial charge in [-0.2, -0.15) is 0 Å². The van der Waals surface area contributed by atoms with E-state index in [1.165, 1.54) is 11.1 Å². The van der Waals surface area contributed by atoms with E-state index in [4.69, 9.17) is 16.3 Å². The molecule has 0 aliphatic carbocycles. The van der Waals surface area contributed by atoms with Crippen LogP contribution in [0.5, 0.6) is 5.75 Å². The lowest BCUT2D eigenvalue weighted by Gasteiger charge is -2.21. The number of rotatable bonds is 5. The van der Waals surface area contributed by atoms with Crippen LogP contribution in [0.15, 0.2) is 48.5 Å². The van der Waals surface area contributed by atoms with Crippen LogP contribution in [0, 0.1) is 0 Å². The largest absolute Gasteiger partial charge is 0.489 e. The highest BCUT2D eigenvalue weighted by Gasteiger charge is 2.10.